The number of hydrogen-bond donors (Lipinski definition) is 2. The van der Waals surface area contributed by atoms with E-state index in [1.807, 2.05) is 36.4 Å². The largest absolute Gasteiger partial charge is 0.369 e. The average molecular weight is 471 g/mol. The molecule has 1 saturated heterocycles. The Hall–Kier alpha value is -3.38. The molecule has 1 heterocycles. The summed E-state index contributed by atoms with van der Waals surface area (Å²) in [7, 11) is 0. The maximum Gasteiger partial charge on any atom is 0.253 e. The van der Waals surface area contributed by atoms with Gasteiger partial charge in [-0.3, -0.25) is 14.5 Å². The summed E-state index contributed by atoms with van der Waals surface area (Å²) >= 11 is 0. The Labute approximate surface area is 207 Å². The Bertz CT molecular complexity index is 1210. The van der Waals surface area contributed by atoms with Gasteiger partial charge in [-0.25, -0.2) is 0 Å². The van der Waals surface area contributed by atoms with Crippen LogP contribution in [0.15, 0.2) is 60.7 Å². The third-order valence-corrected chi connectivity index (χ3v) is 7.01. The number of hydrogen-bond acceptors (Lipinski definition) is 4. The van der Waals surface area contributed by atoms with Crippen molar-refractivity contribution < 1.29 is 9.59 Å². The average Bonchev–Trinajstić information content (AvgIpc) is 3.72. The molecule has 5 rings (SSSR count). The molecule has 2 aliphatic rings. The fraction of sp³-hybridized carbons (Fsp3) is 0.379. The van der Waals surface area contributed by atoms with E-state index >= 15 is 0 Å². The summed E-state index contributed by atoms with van der Waals surface area (Å²) < 4.78 is 0. The van der Waals surface area contributed by atoms with E-state index in [-0.39, 0.29) is 17.7 Å². The molecule has 182 valence electrons. The summed E-state index contributed by atoms with van der Waals surface area (Å²) in [4.78, 5) is 30.4. The standard InChI is InChI=1S/C29H34N4O2/c1-21-6-4-9-25(18-21)33-16-14-32(15-17-33)13-5-12-30-29(35)26-19-23-7-2-3-8-24(23)20-27(26)31-28(34)22-10-11-22/h2-4,6-9,18-20,22H,5,10-17H2,1H3,(H,30,35)(H,31,34). The van der Waals surface area contributed by atoms with E-state index in [4.69, 9.17) is 0 Å². The van der Waals surface area contributed by atoms with Crippen LogP contribution in [0.5, 0.6) is 0 Å². The molecule has 0 spiro atoms. The lowest BCUT2D eigenvalue weighted by molar-refractivity contribution is -0.117. The first-order chi connectivity index (χ1) is 17.1. The Morgan fingerprint density at radius 1 is 0.914 bits per heavy atom. The summed E-state index contributed by atoms with van der Waals surface area (Å²) in [6.07, 6.45) is 2.76. The van der Waals surface area contributed by atoms with Crippen molar-refractivity contribution in [3.63, 3.8) is 0 Å². The predicted molar refractivity (Wildman–Crippen MR) is 142 cm³/mol. The summed E-state index contributed by atoms with van der Waals surface area (Å²) in [5.41, 5.74) is 3.73. The molecule has 1 aliphatic carbocycles. The lowest BCUT2D eigenvalue weighted by Gasteiger charge is -2.36. The van der Waals surface area contributed by atoms with Gasteiger partial charge in [0, 0.05) is 44.3 Å². The fourth-order valence-electron chi connectivity index (χ4n) is 4.77. The lowest BCUT2D eigenvalue weighted by atomic mass is 10.0. The maximum atomic E-state index is 13.1. The molecule has 0 atom stereocenters. The van der Waals surface area contributed by atoms with E-state index in [1.54, 1.807) is 0 Å². The van der Waals surface area contributed by atoms with Gasteiger partial charge < -0.3 is 15.5 Å². The third kappa shape index (κ3) is 5.82. The number of carbonyl (C=O) groups is 2. The van der Waals surface area contributed by atoms with E-state index in [0.29, 0.717) is 17.8 Å². The Kier molecular flexibility index (Phi) is 7.00. The minimum Gasteiger partial charge on any atom is -0.369 e. The van der Waals surface area contributed by atoms with Gasteiger partial charge >= 0.3 is 0 Å². The molecular weight excluding hydrogens is 436 g/mol. The van der Waals surface area contributed by atoms with Crippen LogP contribution in [0.2, 0.25) is 0 Å². The molecule has 3 aromatic carbocycles. The van der Waals surface area contributed by atoms with E-state index in [2.05, 4.69) is 51.6 Å². The van der Waals surface area contributed by atoms with Crippen LogP contribution in [-0.4, -0.2) is 56.0 Å². The summed E-state index contributed by atoms with van der Waals surface area (Å²) in [6, 6.07) is 20.4. The molecule has 6 nitrogen and oxygen atoms in total. The second kappa shape index (κ2) is 10.5. The van der Waals surface area contributed by atoms with Crippen molar-refractivity contribution in [1.82, 2.24) is 10.2 Å². The third-order valence-electron chi connectivity index (χ3n) is 7.01. The number of aryl methyl sites for hydroxylation is 1. The first kappa shape index (κ1) is 23.4. The molecule has 35 heavy (non-hydrogen) atoms. The molecule has 1 aliphatic heterocycles. The number of piperazine rings is 1. The zero-order chi connectivity index (χ0) is 24.2. The Balaban J connectivity index is 1.13. The SMILES string of the molecule is Cc1cccc(N2CCN(CCCNC(=O)c3cc4ccccc4cc3NC(=O)C3CC3)CC2)c1. The molecule has 1 saturated carbocycles. The van der Waals surface area contributed by atoms with Gasteiger partial charge in [-0.05, 0) is 73.3 Å². The fourth-order valence-corrected chi connectivity index (χ4v) is 4.77. The quantitative estimate of drug-likeness (QED) is 0.478. The summed E-state index contributed by atoms with van der Waals surface area (Å²) in [5.74, 6) is -0.0333. The van der Waals surface area contributed by atoms with Gasteiger partial charge in [-0.1, -0.05) is 36.4 Å². The number of benzene rings is 3. The second-order valence-electron chi connectivity index (χ2n) is 9.79. The molecule has 0 radical (unpaired) electrons. The van der Waals surface area contributed by atoms with Crippen molar-refractivity contribution in [2.24, 2.45) is 5.92 Å². The van der Waals surface area contributed by atoms with Gasteiger partial charge in [0.15, 0.2) is 0 Å². The Morgan fingerprint density at radius 3 is 2.37 bits per heavy atom. The predicted octanol–water partition coefficient (Wildman–Crippen LogP) is 4.44. The first-order valence-electron chi connectivity index (χ1n) is 12.7. The highest BCUT2D eigenvalue weighted by Crippen LogP contribution is 2.32. The van der Waals surface area contributed by atoms with Gasteiger partial charge in [0.25, 0.3) is 5.91 Å². The van der Waals surface area contributed by atoms with Gasteiger partial charge in [-0.2, -0.15) is 0 Å². The van der Waals surface area contributed by atoms with Crippen LogP contribution < -0.4 is 15.5 Å². The highest BCUT2D eigenvalue weighted by molar-refractivity contribution is 6.08. The van der Waals surface area contributed by atoms with Crippen LogP contribution in [0.3, 0.4) is 0 Å². The molecule has 0 unspecified atom stereocenters. The number of carbonyl (C=O) groups excluding carboxylic acids is 2. The smallest absolute Gasteiger partial charge is 0.253 e. The second-order valence-corrected chi connectivity index (χ2v) is 9.79. The number of amides is 2. The van der Waals surface area contributed by atoms with E-state index < -0.39 is 0 Å². The molecule has 2 N–H and O–H groups in total. The minimum atomic E-state index is -0.133. The first-order valence-corrected chi connectivity index (χ1v) is 12.7. The van der Waals surface area contributed by atoms with Crippen LogP contribution in [0.4, 0.5) is 11.4 Å². The molecule has 0 aromatic heterocycles. The van der Waals surface area contributed by atoms with E-state index in [9.17, 15) is 9.59 Å². The van der Waals surface area contributed by atoms with Crippen molar-refractivity contribution in [3.8, 4) is 0 Å². The number of nitrogens with one attached hydrogen (secondary N) is 2. The van der Waals surface area contributed by atoms with Gasteiger partial charge in [0.1, 0.15) is 0 Å². The zero-order valence-electron chi connectivity index (χ0n) is 20.4. The number of rotatable bonds is 8. The number of fused-ring (bicyclic) bond motifs is 1. The lowest BCUT2D eigenvalue weighted by Crippen LogP contribution is -2.47. The molecule has 6 heteroatoms. The van der Waals surface area contributed by atoms with Crippen LogP contribution in [-0.2, 0) is 4.79 Å². The van der Waals surface area contributed by atoms with Crippen LogP contribution >= 0.6 is 0 Å². The Morgan fingerprint density at radius 2 is 1.66 bits per heavy atom. The van der Waals surface area contributed by atoms with Crippen molar-refractivity contribution in [1.29, 1.82) is 0 Å². The molecule has 2 amide bonds. The van der Waals surface area contributed by atoms with Crippen molar-refractivity contribution >= 4 is 34.0 Å². The zero-order valence-corrected chi connectivity index (χ0v) is 20.4. The van der Waals surface area contributed by atoms with Gasteiger partial charge in [0.05, 0.1) is 11.3 Å². The summed E-state index contributed by atoms with van der Waals surface area (Å²) in [5, 5.41) is 8.08. The highest BCUT2D eigenvalue weighted by atomic mass is 16.2. The van der Waals surface area contributed by atoms with Gasteiger partial charge in [-0.15, -0.1) is 0 Å². The normalized spacial score (nSPS) is 16.3. The van der Waals surface area contributed by atoms with Crippen LogP contribution in [0.25, 0.3) is 10.8 Å². The topological polar surface area (TPSA) is 64.7 Å². The van der Waals surface area contributed by atoms with Crippen molar-refractivity contribution in [2.75, 3.05) is 49.5 Å². The van der Waals surface area contributed by atoms with Crippen LogP contribution in [0.1, 0.15) is 35.2 Å². The maximum absolute atomic E-state index is 13.1. The van der Waals surface area contributed by atoms with Crippen LogP contribution in [0, 0.1) is 12.8 Å². The highest BCUT2D eigenvalue weighted by Gasteiger charge is 2.30. The molecule has 0 bridgehead atoms. The number of anilines is 2. The van der Waals surface area contributed by atoms with Gasteiger partial charge in [0.2, 0.25) is 5.91 Å². The summed E-state index contributed by atoms with van der Waals surface area (Å²) in [6.45, 7) is 7.82. The molecule has 3 aromatic rings. The van der Waals surface area contributed by atoms with Crippen molar-refractivity contribution in [3.05, 3.63) is 71.8 Å². The number of nitrogens with zero attached hydrogens (tertiary/aromatic N) is 2. The molecule has 2 fully saturated rings. The van der Waals surface area contributed by atoms with E-state index in [0.717, 1.165) is 62.8 Å². The monoisotopic (exact) mass is 470 g/mol. The van der Waals surface area contributed by atoms with Crippen molar-refractivity contribution in [2.45, 2.75) is 26.2 Å². The minimum absolute atomic E-state index is 0.0131. The molecular formula is C29H34N4O2. The van der Waals surface area contributed by atoms with E-state index in [1.165, 1.54) is 11.3 Å².